The maximum atomic E-state index is 11.7. The van der Waals surface area contributed by atoms with Crippen molar-refractivity contribution in [1.29, 1.82) is 0 Å². The van der Waals surface area contributed by atoms with Gasteiger partial charge in [-0.3, -0.25) is 4.79 Å². The van der Waals surface area contributed by atoms with Gasteiger partial charge >= 0.3 is 0 Å². The molecule has 0 aromatic carbocycles. The first-order valence-corrected chi connectivity index (χ1v) is 7.78. The Labute approximate surface area is 111 Å². The van der Waals surface area contributed by atoms with Gasteiger partial charge in [0.05, 0.1) is 0 Å². The third-order valence-electron chi connectivity index (χ3n) is 4.50. The standard InChI is InChI=1S/C15H28N2O/c16-14(13-9-10-13)11-17-15(18)8-4-7-12-5-2-1-3-6-12/h12-14H,1-11,16H2,(H,17,18). The number of rotatable bonds is 7. The molecule has 0 aliphatic heterocycles. The molecule has 2 rings (SSSR count). The highest BCUT2D eigenvalue weighted by Crippen LogP contribution is 2.31. The van der Waals surface area contributed by atoms with Crippen LogP contribution < -0.4 is 11.1 Å². The molecule has 104 valence electrons. The van der Waals surface area contributed by atoms with E-state index in [0.717, 1.165) is 12.3 Å². The van der Waals surface area contributed by atoms with E-state index in [1.165, 1.54) is 51.4 Å². The van der Waals surface area contributed by atoms with E-state index in [9.17, 15) is 4.79 Å². The SMILES string of the molecule is NC(CNC(=O)CCCC1CCCCC1)C1CC1. The fraction of sp³-hybridized carbons (Fsp3) is 0.933. The van der Waals surface area contributed by atoms with Gasteiger partial charge in [0, 0.05) is 19.0 Å². The second kappa shape index (κ2) is 7.13. The van der Waals surface area contributed by atoms with Gasteiger partial charge < -0.3 is 11.1 Å². The molecule has 3 heteroatoms. The third-order valence-corrected chi connectivity index (χ3v) is 4.50. The Kier molecular flexibility index (Phi) is 5.48. The molecule has 18 heavy (non-hydrogen) atoms. The van der Waals surface area contributed by atoms with Crippen LogP contribution in [0.25, 0.3) is 0 Å². The van der Waals surface area contributed by atoms with Crippen molar-refractivity contribution in [2.45, 2.75) is 70.3 Å². The van der Waals surface area contributed by atoms with E-state index < -0.39 is 0 Å². The molecule has 0 spiro atoms. The second-order valence-electron chi connectivity index (χ2n) is 6.20. The topological polar surface area (TPSA) is 55.1 Å². The fourth-order valence-electron chi connectivity index (χ4n) is 3.04. The van der Waals surface area contributed by atoms with Crippen LogP contribution in [-0.4, -0.2) is 18.5 Å². The minimum Gasteiger partial charge on any atom is -0.355 e. The van der Waals surface area contributed by atoms with Crippen LogP contribution in [0.2, 0.25) is 0 Å². The number of hydrogen-bond donors (Lipinski definition) is 2. The normalized spacial score (nSPS) is 22.7. The molecule has 0 aromatic rings. The van der Waals surface area contributed by atoms with Crippen molar-refractivity contribution in [2.75, 3.05) is 6.54 Å². The van der Waals surface area contributed by atoms with Gasteiger partial charge in [-0.2, -0.15) is 0 Å². The molecule has 0 radical (unpaired) electrons. The van der Waals surface area contributed by atoms with Crippen LogP contribution >= 0.6 is 0 Å². The number of carbonyl (C=O) groups excluding carboxylic acids is 1. The first kappa shape index (κ1) is 13.9. The van der Waals surface area contributed by atoms with Crippen molar-refractivity contribution < 1.29 is 4.79 Å². The minimum absolute atomic E-state index is 0.187. The number of amides is 1. The molecular formula is C15H28N2O. The summed E-state index contributed by atoms with van der Waals surface area (Å²) in [5.74, 6) is 1.76. The van der Waals surface area contributed by atoms with Gasteiger partial charge in [-0.1, -0.05) is 32.1 Å². The maximum absolute atomic E-state index is 11.7. The van der Waals surface area contributed by atoms with E-state index >= 15 is 0 Å². The summed E-state index contributed by atoms with van der Waals surface area (Å²) >= 11 is 0. The quantitative estimate of drug-likeness (QED) is 0.731. The lowest BCUT2D eigenvalue weighted by molar-refractivity contribution is -0.121. The summed E-state index contributed by atoms with van der Waals surface area (Å²) < 4.78 is 0. The molecule has 1 amide bonds. The van der Waals surface area contributed by atoms with Gasteiger partial charge in [-0.25, -0.2) is 0 Å². The first-order chi connectivity index (χ1) is 8.75. The van der Waals surface area contributed by atoms with E-state index in [-0.39, 0.29) is 11.9 Å². The molecular weight excluding hydrogens is 224 g/mol. The van der Waals surface area contributed by atoms with Crippen LogP contribution in [0.1, 0.15) is 64.2 Å². The molecule has 0 aromatic heterocycles. The van der Waals surface area contributed by atoms with Crippen molar-refractivity contribution in [3.8, 4) is 0 Å². The van der Waals surface area contributed by atoms with Gasteiger partial charge in [-0.05, 0) is 37.5 Å². The number of nitrogens with one attached hydrogen (secondary N) is 1. The molecule has 3 nitrogen and oxygen atoms in total. The maximum Gasteiger partial charge on any atom is 0.220 e. The van der Waals surface area contributed by atoms with E-state index in [1.807, 2.05) is 0 Å². The Morgan fingerprint density at radius 3 is 2.56 bits per heavy atom. The lowest BCUT2D eigenvalue weighted by Crippen LogP contribution is -2.38. The third kappa shape index (κ3) is 4.97. The first-order valence-electron chi connectivity index (χ1n) is 7.78. The van der Waals surface area contributed by atoms with Gasteiger partial charge in [-0.15, -0.1) is 0 Å². The Bertz CT molecular complexity index is 257. The molecule has 2 saturated carbocycles. The second-order valence-corrected chi connectivity index (χ2v) is 6.20. The monoisotopic (exact) mass is 252 g/mol. The Morgan fingerprint density at radius 1 is 1.17 bits per heavy atom. The van der Waals surface area contributed by atoms with Gasteiger partial charge in [0.1, 0.15) is 0 Å². The van der Waals surface area contributed by atoms with Gasteiger partial charge in [0.25, 0.3) is 0 Å². The summed E-state index contributed by atoms with van der Waals surface area (Å²) in [6.07, 6.45) is 12.4. The zero-order valence-electron chi connectivity index (χ0n) is 11.5. The van der Waals surface area contributed by atoms with E-state index in [1.54, 1.807) is 0 Å². The van der Waals surface area contributed by atoms with Crippen molar-refractivity contribution >= 4 is 5.91 Å². The van der Waals surface area contributed by atoms with Crippen LogP contribution in [0.4, 0.5) is 0 Å². The fourth-order valence-corrected chi connectivity index (χ4v) is 3.04. The highest BCUT2D eigenvalue weighted by atomic mass is 16.1. The minimum atomic E-state index is 0.187. The molecule has 0 heterocycles. The Balaban J connectivity index is 1.48. The molecule has 1 atom stereocenters. The highest BCUT2D eigenvalue weighted by molar-refractivity contribution is 5.75. The highest BCUT2D eigenvalue weighted by Gasteiger charge is 2.28. The predicted octanol–water partition coefficient (Wildman–Crippen LogP) is 2.59. The van der Waals surface area contributed by atoms with Crippen molar-refractivity contribution in [1.82, 2.24) is 5.32 Å². The van der Waals surface area contributed by atoms with Crippen LogP contribution in [0.5, 0.6) is 0 Å². The van der Waals surface area contributed by atoms with Crippen LogP contribution in [-0.2, 0) is 4.79 Å². The largest absolute Gasteiger partial charge is 0.355 e. The van der Waals surface area contributed by atoms with Crippen molar-refractivity contribution in [3.63, 3.8) is 0 Å². The zero-order chi connectivity index (χ0) is 12.8. The zero-order valence-corrected chi connectivity index (χ0v) is 11.5. The molecule has 2 aliphatic rings. The molecule has 3 N–H and O–H groups in total. The Hall–Kier alpha value is -0.570. The number of hydrogen-bond acceptors (Lipinski definition) is 2. The molecule has 0 saturated heterocycles. The van der Waals surface area contributed by atoms with E-state index in [4.69, 9.17) is 5.73 Å². The summed E-state index contributed by atoms with van der Waals surface area (Å²) in [7, 11) is 0. The lowest BCUT2D eigenvalue weighted by atomic mass is 9.86. The summed E-state index contributed by atoms with van der Waals surface area (Å²) in [6, 6.07) is 0.187. The summed E-state index contributed by atoms with van der Waals surface area (Å²) in [5, 5.41) is 2.98. The van der Waals surface area contributed by atoms with Crippen LogP contribution in [0.3, 0.4) is 0 Å². The number of carbonyl (C=O) groups is 1. The van der Waals surface area contributed by atoms with Gasteiger partial charge in [0.2, 0.25) is 5.91 Å². The van der Waals surface area contributed by atoms with E-state index in [2.05, 4.69) is 5.32 Å². The number of nitrogens with two attached hydrogens (primary N) is 1. The average Bonchev–Trinajstić information content (AvgIpc) is 3.21. The molecule has 2 fully saturated rings. The lowest BCUT2D eigenvalue weighted by Gasteiger charge is -2.21. The van der Waals surface area contributed by atoms with Crippen molar-refractivity contribution in [3.05, 3.63) is 0 Å². The van der Waals surface area contributed by atoms with Crippen LogP contribution in [0, 0.1) is 11.8 Å². The van der Waals surface area contributed by atoms with Gasteiger partial charge in [0.15, 0.2) is 0 Å². The molecule has 1 unspecified atom stereocenters. The molecule has 2 aliphatic carbocycles. The average molecular weight is 252 g/mol. The van der Waals surface area contributed by atoms with Crippen LogP contribution in [0.15, 0.2) is 0 Å². The summed E-state index contributed by atoms with van der Waals surface area (Å²) in [6.45, 7) is 0.674. The summed E-state index contributed by atoms with van der Waals surface area (Å²) in [4.78, 5) is 11.7. The predicted molar refractivity (Wildman–Crippen MR) is 74.1 cm³/mol. The van der Waals surface area contributed by atoms with E-state index in [0.29, 0.717) is 18.9 Å². The smallest absolute Gasteiger partial charge is 0.220 e. The summed E-state index contributed by atoms with van der Waals surface area (Å²) in [5.41, 5.74) is 5.96. The van der Waals surface area contributed by atoms with Crippen molar-refractivity contribution in [2.24, 2.45) is 17.6 Å². The molecule has 0 bridgehead atoms. The Morgan fingerprint density at radius 2 is 1.89 bits per heavy atom.